The van der Waals surface area contributed by atoms with Crippen molar-refractivity contribution in [3.05, 3.63) is 206 Å². The molecule has 242 valence electrons. The van der Waals surface area contributed by atoms with Gasteiger partial charge in [-0.25, -0.2) is 0 Å². The first-order valence-electron chi connectivity index (χ1n) is 18.0. The number of benzene rings is 10. The van der Waals surface area contributed by atoms with Gasteiger partial charge in [0.1, 0.15) is 0 Å². The lowest BCUT2D eigenvalue weighted by molar-refractivity contribution is 1.60. The molecule has 0 atom stereocenters. The van der Waals surface area contributed by atoms with Gasteiger partial charge in [-0.15, -0.1) is 0 Å². The largest absolute Gasteiger partial charge is 0.0622 e. The van der Waals surface area contributed by atoms with Gasteiger partial charge in [-0.05, 0) is 129 Å². The van der Waals surface area contributed by atoms with E-state index >= 15 is 0 Å². The lowest BCUT2D eigenvalue weighted by atomic mass is 9.84. The molecule has 0 saturated heterocycles. The second kappa shape index (κ2) is 12.5. The van der Waals surface area contributed by atoms with Crippen molar-refractivity contribution in [3.63, 3.8) is 0 Å². The van der Waals surface area contributed by atoms with Gasteiger partial charge >= 0.3 is 0 Å². The van der Waals surface area contributed by atoms with Gasteiger partial charge in [0.15, 0.2) is 0 Å². The van der Waals surface area contributed by atoms with Gasteiger partial charge in [0, 0.05) is 0 Å². The predicted octanol–water partition coefficient (Wildman–Crippen LogP) is 14.6. The third kappa shape index (κ3) is 5.16. The molecule has 0 radical (unpaired) electrons. The topological polar surface area (TPSA) is 0 Å². The van der Waals surface area contributed by atoms with Crippen molar-refractivity contribution in [1.82, 2.24) is 0 Å². The fourth-order valence-corrected chi connectivity index (χ4v) is 8.14. The highest BCUT2D eigenvalue weighted by atomic mass is 14.2. The van der Waals surface area contributed by atoms with Crippen molar-refractivity contribution in [2.45, 2.75) is 0 Å². The van der Waals surface area contributed by atoms with Gasteiger partial charge in [-0.3, -0.25) is 0 Å². The summed E-state index contributed by atoms with van der Waals surface area (Å²) in [5.74, 6) is 0. The number of rotatable bonds is 5. The fourth-order valence-electron chi connectivity index (χ4n) is 8.14. The molecule has 0 aliphatic heterocycles. The normalized spacial score (nSPS) is 11.5. The highest BCUT2D eigenvalue weighted by molar-refractivity contribution is 6.22. The minimum absolute atomic E-state index is 1.21. The van der Waals surface area contributed by atoms with E-state index in [0.717, 1.165) is 0 Å². The van der Waals surface area contributed by atoms with E-state index in [4.69, 9.17) is 0 Å². The molecule has 0 unspecified atom stereocenters. The van der Waals surface area contributed by atoms with Gasteiger partial charge in [0.2, 0.25) is 0 Å². The molecule has 10 aromatic rings. The second-order valence-electron chi connectivity index (χ2n) is 13.7. The van der Waals surface area contributed by atoms with Crippen LogP contribution in [0.5, 0.6) is 0 Å². The summed E-state index contributed by atoms with van der Waals surface area (Å²) >= 11 is 0. The van der Waals surface area contributed by atoms with Crippen LogP contribution in [0.15, 0.2) is 206 Å². The molecule has 0 nitrogen and oxygen atoms in total. The smallest absolute Gasteiger partial charge is 0.00261 e. The van der Waals surface area contributed by atoms with E-state index in [2.05, 4.69) is 206 Å². The molecular formula is C52H34. The molecule has 0 bridgehead atoms. The summed E-state index contributed by atoms with van der Waals surface area (Å²) in [6.45, 7) is 0. The Hall–Kier alpha value is -6.76. The van der Waals surface area contributed by atoms with Crippen LogP contribution < -0.4 is 0 Å². The lowest BCUT2D eigenvalue weighted by Gasteiger charge is -2.19. The molecule has 0 amide bonds. The average Bonchev–Trinajstić information content (AvgIpc) is 3.22. The fraction of sp³-hybridized carbons (Fsp3) is 0. The van der Waals surface area contributed by atoms with Crippen LogP contribution in [0.1, 0.15) is 0 Å². The quantitative estimate of drug-likeness (QED) is 0.161. The summed E-state index contributed by atoms with van der Waals surface area (Å²) in [4.78, 5) is 0. The molecule has 0 heterocycles. The number of hydrogen-bond donors (Lipinski definition) is 0. The van der Waals surface area contributed by atoms with E-state index in [9.17, 15) is 0 Å². The van der Waals surface area contributed by atoms with Crippen LogP contribution in [-0.4, -0.2) is 0 Å². The van der Waals surface area contributed by atoms with E-state index in [-0.39, 0.29) is 0 Å². The van der Waals surface area contributed by atoms with Crippen LogP contribution in [0.4, 0.5) is 0 Å². The third-order valence-corrected chi connectivity index (χ3v) is 10.6. The van der Waals surface area contributed by atoms with Crippen molar-refractivity contribution in [2.24, 2.45) is 0 Å². The van der Waals surface area contributed by atoms with Crippen molar-refractivity contribution in [2.75, 3.05) is 0 Å². The van der Waals surface area contributed by atoms with Gasteiger partial charge < -0.3 is 0 Å². The van der Waals surface area contributed by atoms with Crippen molar-refractivity contribution < 1.29 is 0 Å². The zero-order chi connectivity index (χ0) is 34.4. The third-order valence-electron chi connectivity index (χ3n) is 10.6. The van der Waals surface area contributed by atoms with Gasteiger partial charge in [-0.2, -0.15) is 0 Å². The maximum atomic E-state index is 2.43. The molecule has 52 heavy (non-hydrogen) atoms. The van der Waals surface area contributed by atoms with E-state index in [1.54, 1.807) is 0 Å². The maximum absolute atomic E-state index is 2.43. The Labute approximate surface area is 303 Å². The SMILES string of the molecule is c1ccc(-c2cc(-c3cccc(-c4ccc5ccccc5c4)c3)c3cc(-c4c5ccccc5c(-c5ccccc5)c5ccccc45)ccc3c2)cc1. The van der Waals surface area contributed by atoms with Crippen molar-refractivity contribution >= 4 is 43.1 Å². The van der Waals surface area contributed by atoms with E-state index < -0.39 is 0 Å². The zero-order valence-electron chi connectivity index (χ0n) is 28.6. The molecule has 10 aromatic carbocycles. The highest BCUT2D eigenvalue weighted by Crippen LogP contribution is 2.45. The Kier molecular flexibility index (Phi) is 7.25. The van der Waals surface area contributed by atoms with Gasteiger partial charge in [-0.1, -0.05) is 176 Å². The molecule has 0 aliphatic carbocycles. The highest BCUT2D eigenvalue weighted by Gasteiger charge is 2.18. The summed E-state index contributed by atoms with van der Waals surface area (Å²) in [7, 11) is 0. The van der Waals surface area contributed by atoms with E-state index in [1.807, 2.05) is 0 Å². The minimum atomic E-state index is 1.21. The molecule has 0 heteroatoms. The molecule has 0 aliphatic rings. The van der Waals surface area contributed by atoms with Crippen molar-refractivity contribution in [3.8, 4) is 55.6 Å². The molecular weight excluding hydrogens is 625 g/mol. The predicted molar refractivity (Wildman–Crippen MR) is 224 cm³/mol. The molecule has 0 spiro atoms. The Morgan fingerprint density at radius 3 is 1.37 bits per heavy atom. The average molecular weight is 659 g/mol. The monoisotopic (exact) mass is 658 g/mol. The van der Waals surface area contributed by atoms with Gasteiger partial charge in [0.05, 0.1) is 0 Å². The Balaban J connectivity index is 1.22. The van der Waals surface area contributed by atoms with E-state index in [0.29, 0.717) is 0 Å². The van der Waals surface area contributed by atoms with Gasteiger partial charge in [0.25, 0.3) is 0 Å². The molecule has 0 aromatic heterocycles. The van der Waals surface area contributed by atoms with Crippen LogP contribution >= 0.6 is 0 Å². The molecule has 0 fully saturated rings. The van der Waals surface area contributed by atoms with Crippen LogP contribution in [0, 0.1) is 0 Å². The summed E-state index contributed by atoms with van der Waals surface area (Å²) in [6, 6.07) is 75.6. The van der Waals surface area contributed by atoms with Crippen molar-refractivity contribution in [1.29, 1.82) is 0 Å². The van der Waals surface area contributed by atoms with Crippen LogP contribution in [0.3, 0.4) is 0 Å². The Morgan fingerprint density at radius 2 is 0.673 bits per heavy atom. The minimum Gasteiger partial charge on any atom is -0.0622 e. The lowest BCUT2D eigenvalue weighted by Crippen LogP contribution is -1.92. The van der Waals surface area contributed by atoms with Crippen LogP contribution in [0.2, 0.25) is 0 Å². The second-order valence-corrected chi connectivity index (χ2v) is 13.7. The first kappa shape index (κ1) is 30.1. The zero-order valence-corrected chi connectivity index (χ0v) is 28.6. The maximum Gasteiger partial charge on any atom is -0.00261 e. The molecule has 0 N–H and O–H groups in total. The Morgan fingerprint density at radius 1 is 0.192 bits per heavy atom. The summed E-state index contributed by atoms with van der Waals surface area (Å²) in [5.41, 5.74) is 12.3. The first-order chi connectivity index (χ1) is 25.8. The number of hydrogen-bond acceptors (Lipinski definition) is 0. The van der Waals surface area contributed by atoms with Crippen LogP contribution in [-0.2, 0) is 0 Å². The standard InChI is InChI=1S/C52H34/c1-3-14-35(15-4-1)44-32-42-28-29-43(52-47-24-11-9-22-45(47)51(37-17-5-2-6-18-37)46-23-10-12-25-48(46)52)33-49(42)50(34-44)41-21-13-20-39(31-41)40-27-26-36-16-7-8-19-38(36)30-40/h1-34H. The molecule has 0 saturated carbocycles. The first-order valence-corrected chi connectivity index (χ1v) is 18.0. The van der Waals surface area contributed by atoms with E-state index in [1.165, 1.54) is 98.7 Å². The summed E-state index contributed by atoms with van der Waals surface area (Å²) in [6.07, 6.45) is 0. The molecule has 10 rings (SSSR count). The van der Waals surface area contributed by atoms with Crippen LogP contribution in [0.25, 0.3) is 98.7 Å². The number of fused-ring (bicyclic) bond motifs is 4. The Bertz CT molecular complexity index is 2880. The summed E-state index contributed by atoms with van der Waals surface area (Å²) < 4.78 is 0. The summed E-state index contributed by atoms with van der Waals surface area (Å²) in [5, 5.41) is 10.0.